The van der Waals surface area contributed by atoms with Crippen LogP contribution in [0.3, 0.4) is 0 Å². The molecule has 5 nitrogen and oxygen atoms in total. The molecule has 3 rings (SSSR count). The number of aryl methyl sites for hydroxylation is 1. The van der Waals surface area contributed by atoms with Crippen molar-refractivity contribution < 1.29 is 9.59 Å². The zero-order valence-electron chi connectivity index (χ0n) is 13.3. The third-order valence-corrected chi connectivity index (χ3v) is 4.22. The van der Waals surface area contributed by atoms with Crippen LogP contribution in [0.1, 0.15) is 21.6 Å². The molecule has 2 aromatic rings. The highest BCUT2D eigenvalue weighted by atomic mass is 16.2. The van der Waals surface area contributed by atoms with E-state index in [1.165, 1.54) is 0 Å². The summed E-state index contributed by atoms with van der Waals surface area (Å²) in [5.74, 6) is 0.149. The number of hydrogen-bond donors (Lipinski definition) is 1. The molecule has 1 aromatic carbocycles. The molecule has 1 N–H and O–H groups in total. The van der Waals surface area contributed by atoms with Crippen LogP contribution < -0.4 is 0 Å². The van der Waals surface area contributed by atoms with E-state index >= 15 is 0 Å². The largest absolute Gasteiger partial charge is 0.365 e. The molecule has 0 unspecified atom stereocenters. The maximum absolute atomic E-state index is 12.5. The molecule has 1 aromatic heterocycles. The van der Waals surface area contributed by atoms with Crippen LogP contribution in [0.5, 0.6) is 0 Å². The van der Waals surface area contributed by atoms with Crippen LogP contribution in [0.2, 0.25) is 0 Å². The van der Waals surface area contributed by atoms with Gasteiger partial charge in [-0.25, -0.2) is 0 Å². The van der Waals surface area contributed by atoms with Gasteiger partial charge in [0, 0.05) is 43.6 Å². The van der Waals surface area contributed by atoms with E-state index in [0.29, 0.717) is 38.2 Å². The van der Waals surface area contributed by atoms with Crippen molar-refractivity contribution in [3.63, 3.8) is 0 Å². The van der Waals surface area contributed by atoms with Gasteiger partial charge in [0.05, 0.1) is 6.42 Å². The first kappa shape index (κ1) is 15.3. The summed E-state index contributed by atoms with van der Waals surface area (Å²) in [5, 5.41) is 0. The first-order valence-corrected chi connectivity index (χ1v) is 7.89. The van der Waals surface area contributed by atoms with Crippen molar-refractivity contribution in [2.24, 2.45) is 0 Å². The zero-order chi connectivity index (χ0) is 16.2. The van der Waals surface area contributed by atoms with Gasteiger partial charge >= 0.3 is 0 Å². The molecule has 0 radical (unpaired) electrons. The number of H-pyrrole nitrogens is 1. The van der Waals surface area contributed by atoms with E-state index in [4.69, 9.17) is 0 Å². The fourth-order valence-electron chi connectivity index (χ4n) is 2.79. The van der Waals surface area contributed by atoms with E-state index in [0.717, 1.165) is 11.3 Å². The summed E-state index contributed by atoms with van der Waals surface area (Å²) in [7, 11) is 0. The Morgan fingerprint density at radius 1 is 1.00 bits per heavy atom. The Labute approximate surface area is 135 Å². The summed E-state index contributed by atoms with van der Waals surface area (Å²) in [6.45, 7) is 4.36. The van der Waals surface area contributed by atoms with Crippen LogP contribution >= 0.6 is 0 Å². The SMILES string of the molecule is Cc1ccc(C(=O)N2CCN(C(=O)Cc3ccc[nH]3)CC2)cc1. The molecule has 1 aliphatic rings. The second-order valence-corrected chi connectivity index (χ2v) is 5.91. The van der Waals surface area contributed by atoms with E-state index in [9.17, 15) is 9.59 Å². The van der Waals surface area contributed by atoms with Crippen molar-refractivity contribution in [2.75, 3.05) is 26.2 Å². The van der Waals surface area contributed by atoms with Crippen molar-refractivity contribution >= 4 is 11.8 Å². The molecule has 0 aliphatic carbocycles. The highest BCUT2D eigenvalue weighted by molar-refractivity contribution is 5.94. The third-order valence-electron chi connectivity index (χ3n) is 4.22. The topological polar surface area (TPSA) is 56.4 Å². The molecule has 0 spiro atoms. The predicted molar refractivity (Wildman–Crippen MR) is 88.2 cm³/mol. The molecule has 1 aliphatic heterocycles. The van der Waals surface area contributed by atoms with Gasteiger partial charge in [0.1, 0.15) is 0 Å². The van der Waals surface area contributed by atoms with Gasteiger partial charge in [-0.2, -0.15) is 0 Å². The second kappa shape index (κ2) is 6.69. The number of carbonyl (C=O) groups is 2. The fourth-order valence-corrected chi connectivity index (χ4v) is 2.79. The summed E-state index contributed by atoms with van der Waals surface area (Å²) < 4.78 is 0. The van der Waals surface area contributed by atoms with Gasteiger partial charge in [0.2, 0.25) is 5.91 Å². The Balaban J connectivity index is 1.54. The Hall–Kier alpha value is -2.56. The van der Waals surface area contributed by atoms with Crippen LogP contribution in [-0.2, 0) is 11.2 Å². The Morgan fingerprint density at radius 3 is 2.26 bits per heavy atom. The minimum Gasteiger partial charge on any atom is -0.365 e. The first-order valence-electron chi connectivity index (χ1n) is 7.89. The van der Waals surface area contributed by atoms with E-state index in [-0.39, 0.29) is 11.8 Å². The molecule has 2 heterocycles. The Morgan fingerprint density at radius 2 is 1.65 bits per heavy atom. The van der Waals surface area contributed by atoms with E-state index in [1.54, 1.807) is 0 Å². The normalized spacial score (nSPS) is 14.8. The number of piperazine rings is 1. The molecule has 1 saturated heterocycles. The first-order chi connectivity index (χ1) is 11.1. The van der Waals surface area contributed by atoms with Gasteiger partial charge in [-0.3, -0.25) is 9.59 Å². The molecule has 5 heteroatoms. The number of nitrogens with one attached hydrogen (secondary N) is 1. The van der Waals surface area contributed by atoms with Crippen molar-refractivity contribution in [1.29, 1.82) is 0 Å². The number of aromatic amines is 1. The van der Waals surface area contributed by atoms with E-state index < -0.39 is 0 Å². The van der Waals surface area contributed by atoms with Gasteiger partial charge < -0.3 is 14.8 Å². The molecule has 2 amide bonds. The monoisotopic (exact) mass is 311 g/mol. The van der Waals surface area contributed by atoms with E-state index in [1.807, 2.05) is 59.3 Å². The van der Waals surface area contributed by atoms with Crippen molar-refractivity contribution in [3.8, 4) is 0 Å². The number of nitrogens with zero attached hydrogens (tertiary/aromatic N) is 2. The predicted octanol–water partition coefficient (Wildman–Crippen LogP) is 1.85. The summed E-state index contributed by atoms with van der Waals surface area (Å²) in [4.78, 5) is 31.4. The average molecular weight is 311 g/mol. The van der Waals surface area contributed by atoms with Gasteiger partial charge in [-0.15, -0.1) is 0 Å². The molecular weight excluding hydrogens is 290 g/mol. The third kappa shape index (κ3) is 3.62. The summed E-state index contributed by atoms with van der Waals surface area (Å²) in [6.07, 6.45) is 2.21. The molecule has 23 heavy (non-hydrogen) atoms. The van der Waals surface area contributed by atoms with Crippen LogP contribution in [0.4, 0.5) is 0 Å². The fraction of sp³-hybridized carbons (Fsp3) is 0.333. The number of aromatic nitrogens is 1. The Bertz CT molecular complexity index is 669. The van der Waals surface area contributed by atoms with Crippen LogP contribution in [0, 0.1) is 6.92 Å². The molecule has 0 saturated carbocycles. The zero-order valence-corrected chi connectivity index (χ0v) is 13.3. The van der Waals surface area contributed by atoms with Crippen LogP contribution in [-0.4, -0.2) is 52.8 Å². The second-order valence-electron chi connectivity index (χ2n) is 5.91. The summed E-state index contributed by atoms with van der Waals surface area (Å²) >= 11 is 0. The quantitative estimate of drug-likeness (QED) is 0.940. The van der Waals surface area contributed by atoms with Gasteiger partial charge in [-0.05, 0) is 31.2 Å². The maximum atomic E-state index is 12.5. The summed E-state index contributed by atoms with van der Waals surface area (Å²) in [5.41, 5.74) is 2.77. The number of hydrogen-bond acceptors (Lipinski definition) is 2. The standard InChI is InChI=1S/C18H21N3O2/c1-14-4-6-15(7-5-14)18(23)21-11-9-20(10-12-21)17(22)13-16-3-2-8-19-16/h2-8,19H,9-13H2,1H3. The van der Waals surface area contributed by atoms with Crippen molar-refractivity contribution in [2.45, 2.75) is 13.3 Å². The maximum Gasteiger partial charge on any atom is 0.253 e. The lowest BCUT2D eigenvalue weighted by Gasteiger charge is -2.34. The number of carbonyl (C=O) groups excluding carboxylic acids is 2. The molecule has 1 fully saturated rings. The lowest BCUT2D eigenvalue weighted by Crippen LogP contribution is -2.51. The van der Waals surface area contributed by atoms with E-state index in [2.05, 4.69) is 4.98 Å². The molecule has 0 atom stereocenters. The lowest BCUT2D eigenvalue weighted by molar-refractivity contribution is -0.132. The summed E-state index contributed by atoms with van der Waals surface area (Å²) in [6, 6.07) is 11.4. The minimum atomic E-state index is 0.0430. The number of rotatable bonds is 3. The van der Waals surface area contributed by atoms with Crippen molar-refractivity contribution in [3.05, 3.63) is 59.4 Å². The van der Waals surface area contributed by atoms with Crippen molar-refractivity contribution in [1.82, 2.24) is 14.8 Å². The van der Waals surface area contributed by atoms with Crippen LogP contribution in [0.15, 0.2) is 42.6 Å². The average Bonchev–Trinajstić information content (AvgIpc) is 3.08. The molecule has 120 valence electrons. The number of amides is 2. The lowest BCUT2D eigenvalue weighted by atomic mass is 10.1. The smallest absolute Gasteiger partial charge is 0.253 e. The minimum absolute atomic E-state index is 0.0430. The van der Waals surface area contributed by atoms with Crippen LogP contribution in [0.25, 0.3) is 0 Å². The molecular formula is C18H21N3O2. The molecule has 0 bridgehead atoms. The highest BCUT2D eigenvalue weighted by Gasteiger charge is 2.24. The Kier molecular flexibility index (Phi) is 4.46. The van der Waals surface area contributed by atoms with Gasteiger partial charge in [0.25, 0.3) is 5.91 Å². The highest BCUT2D eigenvalue weighted by Crippen LogP contribution is 2.11. The van der Waals surface area contributed by atoms with Gasteiger partial charge in [-0.1, -0.05) is 17.7 Å². The number of benzene rings is 1. The van der Waals surface area contributed by atoms with Gasteiger partial charge in [0.15, 0.2) is 0 Å².